The first-order valence-electron chi connectivity index (χ1n) is 6.18. The van der Waals surface area contributed by atoms with Gasteiger partial charge in [0, 0.05) is 30.9 Å². The third-order valence-corrected chi connectivity index (χ3v) is 3.19. The summed E-state index contributed by atoms with van der Waals surface area (Å²) >= 11 is 0. The van der Waals surface area contributed by atoms with Gasteiger partial charge in [-0.2, -0.15) is 0 Å². The second-order valence-corrected chi connectivity index (χ2v) is 4.42. The molecule has 2 aromatic rings. The fourth-order valence-electron chi connectivity index (χ4n) is 2.26. The molecule has 2 heterocycles. The van der Waals surface area contributed by atoms with Crippen LogP contribution in [0.25, 0.3) is 0 Å². The molecule has 0 aliphatic heterocycles. The highest BCUT2D eigenvalue weighted by molar-refractivity contribution is 5.25. The quantitative estimate of drug-likeness (QED) is 0.626. The largest absolute Gasteiger partial charge is 0.466 e. The standard InChI is InChI=1S/C13H20N4O/c1-4-17-6-5-15-13(17)8-12(16-14)11-7-9(2)18-10(11)3/h5-7,12,16H,4,8,14H2,1-3H3. The minimum absolute atomic E-state index is 0.0233. The van der Waals surface area contributed by atoms with E-state index in [0.717, 1.165) is 35.9 Å². The fraction of sp³-hybridized carbons (Fsp3) is 0.462. The molecule has 0 amide bonds. The average molecular weight is 248 g/mol. The zero-order chi connectivity index (χ0) is 13.1. The van der Waals surface area contributed by atoms with E-state index in [0.29, 0.717) is 0 Å². The number of hydrazine groups is 1. The molecule has 0 saturated carbocycles. The summed E-state index contributed by atoms with van der Waals surface area (Å²) in [6.07, 6.45) is 4.55. The van der Waals surface area contributed by atoms with Crippen molar-refractivity contribution in [1.82, 2.24) is 15.0 Å². The van der Waals surface area contributed by atoms with Gasteiger partial charge in [0.15, 0.2) is 0 Å². The number of aromatic nitrogens is 2. The topological polar surface area (TPSA) is 69.0 Å². The first-order valence-corrected chi connectivity index (χ1v) is 6.18. The number of aryl methyl sites for hydroxylation is 3. The predicted octanol–water partition coefficient (Wildman–Crippen LogP) is 1.86. The van der Waals surface area contributed by atoms with Crippen molar-refractivity contribution in [3.05, 3.63) is 41.4 Å². The molecule has 0 bridgehead atoms. The Balaban J connectivity index is 2.22. The van der Waals surface area contributed by atoms with Crippen molar-refractivity contribution < 1.29 is 4.42 Å². The number of furan rings is 1. The van der Waals surface area contributed by atoms with E-state index in [9.17, 15) is 0 Å². The number of rotatable bonds is 5. The molecule has 2 rings (SSSR count). The molecule has 18 heavy (non-hydrogen) atoms. The second-order valence-electron chi connectivity index (χ2n) is 4.42. The summed E-state index contributed by atoms with van der Waals surface area (Å²) in [4.78, 5) is 4.37. The molecule has 0 spiro atoms. The number of nitrogens with two attached hydrogens (primary N) is 1. The molecule has 2 aromatic heterocycles. The summed E-state index contributed by atoms with van der Waals surface area (Å²) in [5.41, 5.74) is 3.95. The van der Waals surface area contributed by atoms with Crippen LogP contribution < -0.4 is 11.3 Å². The van der Waals surface area contributed by atoms with Crippen molar-refractivity contribution in [1.29, 1.82) is 0 Å². The van der Waals surface area contributed by atoms with Crippen LogP contribution in [0.1, 0.15) is 35.9 Å². The van der Waals surface area contributed by atoms with Gasteiger partial charge in [-0.3, -0.25) is 11.3 Å². The molecule has 0 fully saturated rings. The van der Waals surface area contributed by atoms with Crippen LogP contribution in [0.15, 0.2) is 22.9 Å². The van der Waals surface area contributed by atoms with E-state index in [1.165, 1.54) is 0 Å². The van der Waals surface area contributed by atoms with E-state index in [2.05, 4.69) is 21.9 Å². The number of hydrogen-bond acceptors (Lipinski definition) is 4. The molecular formula is C13H20N4O. The molecular weight excluding hydrogens is 228 g/mol. The van der Waals surface area contributed by atoms with Crippen LogP contribution in [0.2, 0.25) is 0 Å². The van der Waals surface area contributed by atoms with Crippen molar-refractivity contribution in [3.8, 4) is 0 Å². The van der Waals surface area contributed by atoms with Crippen LogP contribution in [-0.2, 0) is 13.0 Å². The van der Waals surface area contributed by atoms with E-state index in [1.807, 2.05) is 32.3 Å². The van der Waals surface area contributed by atoms with Gasteiger partial charge in [0.05, 0.1) is 6.04 Å². The molecule has 1 unspecified atom stereocenters. The summed E-state index contributed by atoms with van der Waals surface area (Å²) in [6.45, 7) is 6.91. The molecule has 5 nitrogen and oxygen atoms in total. The SMILES string of the molecule is CCn1ccnc1CC(NN)c1cc(C)oc1C. The monoisotopic (exact) mass is 248 g/mol. The fourth-order valence-corrected chi connectivity index (χ4v) is 2.26. The molecule has 0 radical (unpaired) electrons. The number of nitrogens with one attached hydrogen (secondary N) is 1. The lowest BCUT2D eigenvalue weighted by molar-refractivity contribution is 0.478. The molecule has 98 valence electrons. The summed E-state index contributed by atoms with van der Waals surface area (Å²) < 4.78 is 7.67. The van der Waals surface area contributed by atoms with Gasteiger partial charge < -0.3 is 8.98 Å². The van der Waals surface area contributed by atoms with Gasteiger partial charge in [0.25, 0.3) is 0 Å². The van der Waals surface area contributed by atoms with Gasteiger partial charge in [0.2, 0.25) is 0 Å². The second kappa shape index (κ2) is 5.37. The van der Waals surface area contributed by atoms with Gasteiger partial charge in [-0.05, 0) is 26.8 Å². The minimum Gasteiger partial charge on any atom is -0.466 e. The Morgan fingerprint density at radius 3 is 2.83 bits per heavy atom. The number of imidazole rings is 1. The van der Waals surface area contributed by atoms with E-state index in [-0.39, 0.29) is 6.04 Å². The van der Waals surface area contributed by atoms with Gasteiger partial charge in [-0.1, -0.05) is 0 Å². The van der Waals surface area contributed by atoms with Gasteiger partial charge in [-0.25, -0.2) is 4.98 Å². The molecule has 1 atom stereocenters. The van der Waals surface area contributed by atoms with Crippen molar-refractivity contribution in [3.63, 3.8) is 0 Å². The third kappa shape index (κ3) is 2.47. The van der Waals surface area contributed by atoms with E-state index in [1.54, 1.807) is 0 Å². The van der Waals surface area contributed by atoms with Crippen LogP contribution in [0.3, 0.4) is 0 Å². The third-order valence-electron chi connectivity index (χ3n) is 3.19. The highest BCUT2D eigenvalue weighted by Gasteiger charge is 2.18. The molecule has 0 aliphatic carbocycles. The lowest BCUT2D eigenvalue weighted by atomic mass is 10.0. The van der Waals surface area contributed by atoms with Crippen molar-refractivity contribution >= 4 is 0 Å². The average Bonchev–Trinajstić information content (AvgIpc) is 2.92. The van der Waals surface area contributed by atoms with Crippen molar-refractivity contribution in [2.45, 2.75) is 39.8 Å². The molecule has 3 N–H and O–H groups in total. The highest BCUT2D eigenvalue weighted by atomic mass is 16.3. The summed E-state index contributed by atoms with van der Waals surface area (Å²) in [7, 11) is 0. The van der Waals surface area contributed by atoms with Crippen LogP contribution in [0.5, 0.6) is 0 Å². The Bertz CT molecular complexity index is 515. The van der Waals surface area contributed by atoms with Crippen LogP contribution >= 0.6 is 0 Å². The minimum atomic E-state index is 0.0233. The molecule has 0 aliphatic rings. The summed E-state index contributed by atoms with van der Waals surface area (Å²) in [5.74, 6) is 8.50. The van der Waals surface area contributed by atoms with Gasteiger partial charge in [-0.15, -0.1) is 0 Å². The van der Waals surface area contributed by atoms with Crippen LogP contribution in [-0.4, -0.2) is 9.55 Å². The Hall–Kier alpha value is -1.59. The lowest BCUT2D eigenvalue weighted by Crippen LogP contribution is -2.30. The van der Waals surface area contributed by atoms with Gasteiger partial charge >= 0.3 is 0 Å². The predicted molar refractivity (Wildman–Crippen MR) is 69.9 cm³/mol. The zero-order valence-corrected chi connectivity index (χ0v) is 11.1. The zero-order valence-electron chi connectivity index (χ0n) is 11.1. The first-order chi connectivity index (χ1) is 8.65. The Morgan fingerprint density at radius 1 is 1.50 bits per heavy atom. The number of nitrogens with zero attached hydrogens (tertiary/aromatic N) is 2. The van der Waals surface area contributed by atoms with Crippen LogP contribution in [0, 0.1) is 13.8 Å². The molecule has 5 heteroatoms. The Morgan fingerprint density at radius 2 is 2.28 bits per heavy atom. The maximum absolute atomic E-state index is 5.66. The van der Waals surface area contributed by atoms with E-state index in [4.69, 9.17) is 10.3 Å². The molecule has 0 saturated heterocycles. The van der Waals surface area contributed by atoms with Crippen molar-refractivity contribution in [2.24, 2.45) is 5.84 Å². The maximum Gasteiger partial charge on any atom is 0.110 e. The van der Waals surface area contributed by atoms with Crippen LogP contribution in [0.4, 0.5) is 0 Å². The maximum atomic E-state index is 5.66. The van der Waals surface area contributed by atoms with E-state index < -0.39 is 0 Å². The summed E-state index contributed by atoms with van der Waals surface area (Å²) in [5, 5.41) is 0. The smallest absolute Gasteiger partial charge is 0.110 e. The van der Waals surface area contributed by atoms with Gasteiger partial charge in [0.1, 0.15) is 17.3 Å². The van der Waals surface area contributed by atoms with Crippen molar-refractivity contribution in [2.75, 3.05) is 0 Å². The van der Waals surface area contributed by atoms with E-state index >= 15 is 0 Å². The normalized spacial score (nSPS) is 12.9. The summed E-state index contributed by atoms with van der Waals surface area (Å²) in [6, 6.07) is 2.05. The lowest BCUT2D eigenvalue weighted by Gasteiger charge is -2.15. The first kappa shape index (κ1) is 12.9. The number of hydrogen-bond donors (Lipinski definition) is 2. The highest BCUT2D eigenvalue weighted by Crippen LogP contribution is 2.23. The Kier molecular flexibility index (Phi) is 3.84. The Labute approximate surface area is 107 Å². The molecule has 0 aromatic carbocycles.